The Morgan fingerprint density at radius 3 is 2.69 bits per heavy atom. The molecule has 1 N–H and O–H groups in total. The number of furan rings is 1. The maximum Gasteiger partial charge on any atom is 0.357 e. The number of carbonyl (C=O) groups excluding carboxylic acids is 2. The number of ketones is 1. The fraction of sp³-hybridized carbons (Fsp3) is 0.0500. The van der Waals surface area contributed by atoms with Crippen LogP contribution in [0, 0.1) is 0 Å². The molecule has 3 aromatic heterocycles. The normalized spacial score (nSPS) is 11.4. The number of nitrogens with one attached hydrogen (secondary N) is 1. The van der Waals surface area contributed by atoms with Crippen LogP contribution in [-0.4, -0.2) is 43.6 Å². The molecule has 0 saturated heterocycles. The maximum absolute atomic E-state index is 12.8. The highest BCUT2D eigenvalue weighted by Crippen LogP contribution is 2.21. The fourth-order valence-electron chi connectivity index (χ4n) is 2.62. The number of Topliss-reactive ketones (excluding diaryl/α,β-unsaturated/α-hetero) is 1. The zero-order chi connectivity index (χ0) is 20.1. The van der Waals surface area contributed by atoms with Crippen LogP contribution < -0.4 is 0 Å². The Balaban J connectivity index is 1.64. The minimum absolute atomic E-state index is 0.00286. The van der Waals surface area contributed by atoms with E-state index < -0.39 is 12.6 Å². The number of ether oxygens (including phenoxy) is 1. The standard InChI is InChI=1S/C20H15N5O4/c26-18(16-9-4-10-21-16)13-29-20(27)17(12-15-8-5-11-28-15)25-19(22-23-24-25)14-6-2-1-3-7-14/h1-12,21H,13H2. The summed E-state index contributed by atoms with van der Waals surface area (Å²) in [5, 5.41) is 11.6. The Morgan fingerprint density at radius 1 is 1.10 bits per heavy atom. The molecule has 0 fully saturated rings. The molecule has 0 aliphatic heterocycles. The molecule has 9 nitrogen and oxygen atoms in total. The number of rotatable bonds is 7. The quantitative estimate of drug-likeness (QED) is 0.293. The van der Waals surface area contributed by atoms with E-state index in [2.05, 4.69) is 20.5 Å². The van der Waals surface area contributed by atoms with Crippen molar-refractivity contribution in [1.29, 1.82) is 0 Å². The molecule has 9 heteroatoms. The van der Waals surface area contributed by atoms with E-state index in [4.69, 9.17) is 9.15 Å². The number of esters is 1. The van der Waals surface area contributed by atoms with Gasteiger partial charge in [0.1, 0.15) is 5.76 Å². The van der Waals surface area contributed by atoms with Gasteiger partial charge in [-0.25, -0.2) is 4.79 Å². The van der Waals surface area contributed by atoms with Crippen molar-refractivity contribution in [2.45, 2.75) is 0 Å². The molecule has 4 rings (SSSR count). The molecule has 0 aliphatic carbocycles. The third kappa shape index (κ3) is 4.03. The van der Waals surface area contributed by atoms with Gasteiger partial charge in [-0.15, -0.1) is 5.10 Å². The number of hydrogen-bond donors (Lipinski definition) is 1. The average molecular weight is 389 g/mol. The van der Waals surface area contributed by atoms with Crippen LogP contribution in [-0.2, 0) is 9.53 Å². The van der Waals surface area contributed by atoms with Crippen LogP contribution in [0.25, 0.3) is 23.2 Å². The van der Waals surface area contributed by atoms with Crippen LogP contribution >= 0.6 is 0 Å². The van der Waals surface area contributed by atoms with Crippen molar-refractivity contribution in [2.24, 2.45) is 0 Å². The van der Waals surface area contributed by atoms with E-state index in [1.807, 2.05) is 30.3 Å². The summed E-state index contributed by atoms with van der Waals surface area (Å²) in [6, 6.07) is 15.8. The van der Waals surface area contributed by atoms with Crippen molar-refractivity contribution in [3.8, 4) is 11.4 Å². The van der Waals surface area contributed by atoms with Gasteiger partial charge in [0.2, 0.25) is 5.78 Å². The SMILES string of the molecule is O=C(OCC(=O)c1ccc[nH]1)C(=Cc1ccco1)n1nnnc1-c1ccccc1. The van der Waals surface area contributed by atoms with Gasteiger partial charge in [0.05, 0.1) is 12.0 Å². The van der Waals surface area contributed by atoms with Crippen LogP contribution in [0.15, 0.2) is 71.5 Å². The van der Waals surface area contributed by atoms with Crippen molar-refractivity contribution in [3.05, 3.63) is 78.5 Å². The highest BCUT2D eigenvalue weighted by atomic mass is 16.5. The number of aromatic amines is 1. The predicted molar refractivity (Wildman–Crippen MR) is 102 cm³/mol. The fourth-order valence-corrected chi connectivity index (χ4v) is 2.62. The highest BCUT2D eigenvalue weighted by Gasteiger charge is 2.22. The first-order valence-electron chi connectivity index (χ1n) is 8.65. The van der Waals surface area contributed by atoms with Crippen LogP contribution in [0.2, 0.25) is 0 Å². The molecule has 0 amide bonds. The number of benzene rings is 1. The average Bonchev–Trinajstić information content (AvgIpc) is 3.52. The Labute approximate surface area is 164 Å². The number of tetrazole rings is 1. The smallest absolute Gasteiger partial charge is 0.357 e. The molecular weight excluding hydrogens is 374 g/mol. The molecule has 0 bridgehead atoms. The second kappa shape index (κ2) is 8.17. The van der Waals surface area contributed by atoms with E-state index in [1.165, 1.54) is 17.0 Å². The topological polar surface area (TPSA) is 116 Å². The van der Waals surface area contributed by atoms with Crippen molar-refractivity contribution < 1.29 is 18.7 Å². The molecule has 0 radical (unpaired) electrons. The number of carbonyl (C=O) groups is 2. The summed E-state index contributed by atoms with van der Waals surface area (Å²) in [5.74, 6) is -0.385. The van der Waals surface area contributed by atoms with Crippen LogP contribution in [0.4, 0.5) is 0 Å². The summed E-state index contributed by atoms with van der Waals surface area (Å²) in [4.78, 5) is 27.7. The minimum Gasteiger partial charge on any atom is -0.465 e. The van der Waals surface area contributed by atoms with E-state index in [0.29, 0.717) is 22.8 Å². The Hall–Kier alpha value is -4.27. The van der Waals surface area contributed by atoms with E-state index in [9.17, 15) is 9.59 Å². The zero-order valence-corrected chi connectivity index (χ0v) is 15.1. The second-order valence-electron chi connectivity index (χ2n) is 5.91. The number of H-pyrrole nitrogens is 1. The molecule has 0 unspecified atom stereocenters. The number of hydrogen-bond acceptors (Lipinski definition) is 7. The van der Waals surface area contributed by atoms with Gasteiger partial charge >= 0.3 is 5.97 Å². The number of nitrogens with zero attached hydrogens (tertiary/aromatic N) is 4. The molecule has 0 aliphatic rings. The molecule has 0 saturated carbocycles. The minimum atomic E-state index is -0.772. The Bertz CT molecular complexity index is 1130. The lowest BCUT2D eigenvalue weighted by Crippen LogP contribution is -2.19. The van der Waals surface area contributed by atoms with Gasteiger partial charge in [-0.3, -0.25) is 4.79 Å². The van der Waals surface area contributed by atoms with Gasteiger partial charge in [-0.1, -0.05) is 30.3 Å². The first kappa shape index (κ1) is 18.1. The van der Waals surface area contributed by atoms with E-state index in [-0.39, 0.29) is 11.5 Å². The summed E-state index contributed by atoms with van der Waals surface area (Å²) in [6.07, 6.45) is 4.54. The summed E-state index contributed by atoms with van der Waals surface area (Å²) in [6.45, 7) is -0.433. The van der Waals surface area contributed by atoms with Crippen molar-refractivity contribution in [1.82, 2.24) is 25.2 Å². The zero-order valence-electron chi connectivity index (χ0n) is 15.1. The number of aromatic nitrogens is 5. The van der Waals surface area contributed by atoms with Crippen molar-refractivity contribution >= 4 is 23.5 Å². The maximum atomic E-state index is 12.8. The third-order valence-electron chi connectivity index (χ3n) is 3.99. The monoisotopic (exact) mass is 389 g/mol. The third-order valence-corrected chi connectivity index (χ3v) is 3.99. The molecular formula is C20H15N5O4. The lowest BCUT2D eigenvalue weighted by Gasteiger charge is -2.09. The second-order valence-corrected chi connectivity index (χ2v) is 5.91. The lowest BCUT2D eigenvalue weighted by atomic mass is 10.2. The largest absolute Gasteiger partial charge is 0.465 e. The Kier molecular flexibility index (Phi) is 5.10. The highest BCUT2D eigenvalue weighted by molar-refractivity contribution is 6.16. The molecule has 29 heavy (non-hydrogen) atoms. The van der Waals surface area contributed by atoms with E-state index in [1.54, 1.807) is 30.5 Å². The summed E-state index contributed by atoms with van der Waals surface area (Å²) in [7, 11) is 0. The van der Waals surface area contributed by atoms with E-state index in [0.717, 1.165) is 0 Å². The summed E-state index contributed by atoms with van der Waals surface area (Å²) in [5.41, 5.74) is 1.06. The van der Waals surface area contributed by atoms with Gasteiger partial charge in [0, 0.05) is 17.8 Å². The summed E-state index contributed by atoms with van der Waals surface area (Å²) >= 11 is 0. The van der Waals surface area contributed by atoms with Crippen molar-refractivity contribution in [2.75, 3.05) is 6.61 Å². The van der Waals surface area contributed by atoms with Crippen LogP contribution in [0.3, 0.4) is 0 Å². The summed E-state index contributed by atoms with van der Waals surface area (Å²) < 4.78 is 11.8. The molecule has 3 heterocycles. The van der Waals surface area contributed by atoms with Gasteiger partial charge in [0.15, 0.2) is 18.1 Å². The van der Waals surface area contributed by atoms with Gasteiger partial charge in [0.25, 0.3) is 0 Å². The molecule has 0 spiro atoms. The molecule has 0 atom stereocenters. The molecule has 1 aromatic carbocycles. The lowest BCUT2D eigenvalue weighted by molar-refractivity contribution is -0.136. The van der Waals surface area contributed by atoms with Crippen LogP contribution in [0.1, 0.15) is 16.2 Å². The van der Waals surface area contributed by atoms with Gasteiger partial charge in [-0.2, -0.15) is 4.68 Å². The molecule has 4 aromatic rings. The first-order chi connectivity index (χ1) is 14.2. The van der Waals surface area contributed by atoms with Gasteiger partial charge < -0.3 is 14.1 Å². The van der Waals surface area contributed by atoms with Crippen LogP contribution in [0.5, 0.6) is 0 Å². The Morgan fingerprint density at radius 2 is 1.97 bits per heavy atom. The van der Waals surface area contributed by atoms with Crippen molar-refractivity contribution in [3.63, 3.8) is 0 Å². The van der Waals surface area contributed by atoms with E-state index >= 15 is 0 Å². The first-order valence-corrected chi connectivity index (χ1v) is 8.65. The molecule has 144 valence electrons. The van der Waals surface area contributed by atoms with Gasteiger partial charge in [-0.05, 0) is 34.7 Å². The predicted octanol–water partition coefficient (Wildman–Crippen LogP) is 2.69.